The molecule has 1 saturated heterocycles. The van der Waals surface area contributed by atoms with Crippen LogP contribution in [0.1, 0.15) is 98.3 Å². The molecule has 1 unspecified atom stereocenters. The Labute approximate surface area is 174 Å². The van der Waals surface area contributed by atoms with Crippen molar-refractivity contribution in [1.82, 2.24) is 0 Å². The quantitative estimate of drug-likeness (QED) is 0.402. The molecule has 3 rings (SSSR count). The third kappa shape index (κ3) is 4.93. The van der Waals surface area contributed by atoms with Crippen molar-refractivity contribution in [3.8, 4) is 0 Å². The van der Waals surface area contributed by atoms with Gasteiger partial charge in [0, 0.05) is 6.61 Å². The van der Waals surface area contributed by atoms with Gasteiger partial charge in [0.05, 0.1) is 6.61 Å². The standard InChI is InChI=1S/C26H44O2/c1-20(2)10-8-15-25(4)16-9-11-23-22(25)14-13-21(3)26(23,5)17-19-28-24-12-6-7-18-27-24/h14,21,23-24H,1,6-13,15-19H2,2-5H3/t21-,23-,24?,25-,26-/m1/s1. The van der Waals surface area contributed by atoms with Crippen molar-refractivity contribution >= 4 is 0 Å². The predicted octanol–water partition coefficient (Wildman–Crippen LogP) is 7.45. The highest BCUT2D eigenvalue weighted by Gasteiger charge is 2.49. The normalized spacial score (nSPS) is 38.6. The van der Waals surface area contributed by atoms with E-state index in [2.05, 4.69) is 40.3 Å². The van der Waals surface area contributed by atoms with Crippen LogP contribution in [-0.4, -0.2) is 19.5 Å². The molecule has 3 aliphatic rings. The maximum atomic E-state index is 6.17. The van der Waals surface area contributed by atoms with E-state index >= 15 is 0 Å². The van der Waals surface area contributed by atoms with Gasteiger partial charge in [0.25, 0.3) is 0 Å². The Balaban J connectivity index is 1.65. The summed E-state index contributed by atoms with van der Waals surface area (Å²) in [5.41, 5.74) is 3.87. The number of hydrogen-bond acceptors (Lipinski definition) is 2. The first kappa shape index (κ1) is 22.1. The summed E-state index contributed by atoms with van der Waals surface area (Å²) in [6.07, 6.45) is 16.5. The molecule has 2 fully saturated rings. The third-order valence-corrected chi connectivity index (χ3v) is 8.32. The third-order valence-electron chi connectivity index (χ3n) is 8.32. The minimum atomic E-state index is 0.0463. The van der Waals surface area contributed by atoms with Crippen molar-refractivity contribution in [2.45, 2.75) is 105 Å². The number of allylic oxidation sites excluding steroid dienone is 3. The zero-order valence-corrected chi connectivity index (χ0v) is 19.0. The molecule has 0 amide bonds. The first-order valence-corrected chi connectivity index (χ1v) is 11.9. The van der Waals surface area contributed by atoms with Crippen LogP contribution in [0.2, 0.25) is 0 Å². The van der Waals surface area contributed by atoms with Gasteiger partial charge in [-0.2, -0.15) is 0 Å². The van der Waals surface area contributed by atoms with E-state index in [4.69, 9.17) is 9.47 Å². The molecule has 160 valence electrons. The van der Waals surface area contributed by atoms with E-state index in [0.29, 0.717) is 10.8 Å². The van der Waals surface area contributed by atoms with Gasteiger partial charge in [-0.05, 0) is 93.8 Å². The Morgan fingerprint density at radius 3 is 2.75 bits per heavy atom. The van der Waals surface area contributed by atoms with Gasteiger partial charge in [0.15, 0.2) is 6.29 Å². The minimum Gasteiger partial charge on any atom is -0.353 e. The number of hydrogen-bond donors (Lipinski definition) is 0. The molecule has 1 heterocycles. The van der Waals surface area contributed by atoms with Crippen LogP contribution in [0.5, 0.6) is 0 Å². The molecule has 2 aliphatic carbocycles. The number of ether oxygens (including phenoxy) is 2. The molecular formula is C26H44O2. The lowest BCUT2D eigenvalue weighted by molar-refractivity contribution is -0.168. The van der Waals surface area contributed by atoms with E-state index in [1.54, 1.807) is 5.57 Å². The molecule has 0 radical (unpaired) electrons. The Kier molecular flexibility index (Phi) is 7.48. The molecule has 0 aromatic rings. The van der Waals surface area contributed by atoms with E-state index in [9.17, 15) is 0 Å². The molecule has 0 spiro atoms. The fourth-order valence-corrected chi connectivity index (χ4v) is 6.13. The highest BCUT2D eigenvalue weighted by Crippen LogP contribution is 2.59. The maximum absolute atomic E-state index is 6.17. The van der Waals surface area contributed by atoms with E-state index in [1.807, 2.05) is 0 Å². The summed E-state index contributed by atoms with van der Waals surface area (Å²) in [6, 6.07) is 0. The van der Waals surface area contributed by atoms with Crippen molar-refractivity contribution in [1.29, 1.82) is 0 Å². The second kappa shape index (κ2) is 9.47. The summed E-state index contributed by atoms with van der Waals surface area (Å²) in [5, 5.41) is 0. The Morgan fingerprint density at radius 1 is 1.21 bits per heavy atom. The minimum absolute atomic E-state index is 0.0463. The monoisotopic (exact) mass is 388 g/mol. The van der Waals surface area contributed by atoms with Gasteiger partial charge in [-0.3, -0.25) is 0 Å². The molecule has 1 saturated carbocycles. The van der Waals surface area contributed by atoms with E-state index in [0.717, 1.165) is 37.9 Å². The van der Waals surface area contributed by atoms with Gasteiger partial charge in [-0.25, -0.2) is 0 Å². The highest BCUT2D eigenvalue weighted by atomic mass is 16.7. The van der Waals surface area contributed by atoms with Crippen LogP contribution < -0.4 is 0 Å². The van der Waals surface area contributed by atoms with Gasteiger partial charge in [-0.1, -0.05) is 44.4 Å². The molecule has 0 aromatic carbocycles. The lowest BCUT2D eigenvalue weighted by atomic mass is 9.51. The van der Waals surface area contributed by atoms with Crippen molar-refractivity contribution in [3.05, 3.63) is 23.8 Å². The zero-order valence-electron chi connectivity index (χ0n) is 19.0. The summed E-state index contributed by atoms with van der Waals surface area (Å²) in [4.78, 5) is 0. The fraction of sp³-hybridized carbons (Fsp3) is 0.846. The average Bonchev–Trinajstić information content (AvgIpc) is 2.66. The lowest BCUT2D eigenvalue weighted by Crippen LogP contribution is -2.45. The topological polar surface area (TPSA) is 18.5 Å². The van der Waals surface area contributed by atoms with Crippen molar-refractivity contribution in [2.24, 2.45) is 22.7 Å². The summed E-state index contributed by atoms with van der Waals surface area (Å²) >= 11 is 0. The van der Waals surface area contributed by atoms with Crippen LogP contribution in [0.4, 0.5) is 0 Å². The Bertz CT molecular complexity index is 559. The summed E-state index contributed by atoms with van der Waals surface area (Å²) < 4.78 is 12.0. The number of rotatable bonds is 8. The second-order valence-corrected chi connectivity index (χ2v) is 10.5. The molecule has 5 atom stereocenters. The maximum Gasteiger partial charge on any atom is 0.157 e. The Morgan fingerprint density at radius 2 is 2.04 bits per heavy atom. The molecule has 0 aromatic heterocycles. The van der Waals surface area contributed by atoms with Gasteiger partial charge >= 0.3 is 0 Å². The van der Waals surface area contributed by atoms with Crippen LogP contribution in [-0.2, 0) is 9.47 Å². The van der Waals surface area contributed by atoms with E-state index in [-0.39, 0.29) is 6.29 Å². The Hall–Kier alpha value is -0.600. The summed E-state index contributed by atoms with van der Waals surface area (Å²) in [5.74, 6) is 1.46. The molecule has 0 N–H and O–H groups in total. The van der Waals surface area contributed by atoms with Gasteiger partial charge in [-0.15, -0.1) is 6.58 Å². The molecule has 0 bridgehead atoms. The molecule has 1 aliphatic heterocycles. The largest absolute Gasteiger partial charge is 0.353 e. The SMILES string of the molecule is C=C(C)CCC[C@]1(C)CCC[C@@H]2C1=CC[C@@H](C)[C@@]2(C)CCOC1CCCCO1. The second-order valence-electron chi connectivity index (χ2n) is 10.5. The number of fused-ring (bicyclic) bond motifs is 1. The van der Waals surface area contributed by atoms with Crippen molar-refractivity contribution in [3.63, 3.8) is 0 Å². The van der Waals surface area contributed by atoms with Crippen LogP contribution in [0.25, 0.3) is 0 Å². The smallest absolute Gasteiger partial charge is 0.157 e. The molecule has 2 nitrogen and oxygen atoms in total. The lowest BCUT2D eigenvalue weighted by Gasteiger charge is -2.54. The summed E-state index contributed by atoms with van der Waals surface area (Å²) in [6.45, 7) is 15.6. The van der Waals surface area contributed by atoms with Crippen LogP contribution in [0.3, 0.4) is 0 Å². The van der Waals surface area contributed by atoms with Gasteiger partial charge in [0.2, 0.25) is 0 Å². The van der Waals surface area contributed by atoms with Crippen molar-refractivity contribution in [2.75, 3.05) is 13.2 Å². The first-order valence-electron chi connectivity index (χ1n) is 11.9. The molecular weight excluding hydrogens is 344 g/mol. The molecule has 2 heteroatoms. The van der Waals surface area contributed by atoms with Crippen LogP contribution in [0.15, 0.2) is 23.8 Å². The van der Waals surface area contributed by atoms with Gasteiger partial charge in [0.1, 0.15) is 0 Å². The van der Waals surface area contributed by atoms with E-state index in [1.165, 1.54) is 63.4 Å². The van der Waals surface area contributed by atoms with E-state index < -0.39 is 0 Å². The first-order chi connectivity index (χ1) is 13.3. The van der Waals surface area contributed by atoms with Crippen LogP contribution in [0, 0.1) is 22.7 Å². The summed E-state index contributed by atoms with van der Waals surface area (Å²) in [7, 11) is 0. The van der Waals surface area contributed by atoms with Crippen molar-refractivity contribution < 1.29 is 9.47 Å². The fourth-order valence-electron chi connectivity index (χ4n) is 6.13. The van der Waals surface area contributed by atoms with Crippen LogP contribution >= 0.6 is 0 Å². The highest BCUT2D eigenvalue weighted by molar-refractivity contribution is 5.26. The van der Waals surface area contributed by atoms with Gasteiger partial charge < -0.3 is 9.47 Å². The molecule has 28 heavy (non-hydrogen) atoms. The zero-order chi connectivity index (χ0) is 20.2. The average molecular weight is 389 g/mol. The predicted molar refractivity (Wildman–Crippen MR) is 118 cm³/mol.